The summed E-state index contributed by atoms with van der Waals surface area (Å²) in [6.45, 7) is 1.03. The lowest BCUT2D eigenvalue weighted by molar-refractivity contribution is -0.132. The largest absolute Gasteiger partial charge is 0.504 e. The molecule has 7 nitrogen and oxygen atoms in total. The standard InChI is InChI=1S/C22H22O7/c1-12(25)29-19-5-4-13(7-21(19)28-3)22-16-9-18(26)20(27-2)8-14(16)6-15(10-23)17(22)11-24/h4-10,17,22,24,26H,11H2,1-3H3/t17-,22-/m0/s1. The second-order valence-corrected chi connectivity index (χ2v) is 6.69. The molecule has 0 spiro atoms. The molecule has 3 rings (SSSR count). The van der Waals surface area contributed by atoms with Crippen molar-refractivity contribution in [2.24, 2.45) is 5.92 Å². The van der Waals surface area contributed by atoms with Gasteiger partial charge in [0, 0.05) is 18.8 Å². The van der Waals surface area contributed by atoms with Gasteiger partial charge in [-0.25, -0.2) is 0 Å². The van der Waals surface area contributed by atoms with Crippen LogP contribution in [0, 0.1) is 5.92 Å². The van der Waals surface area contributed by atoms with Gasteiger partial charge in [-0.3, -0.25) is 9.59 Å². The zero-order valence-electron chi connectivity index (χ0n) is 16.3. The number of hydrogen-bond donors (Lipinski definition) is 2. The maximum Gasteiger partial charge on any atom is 0.308 e. The third kappa shape index (κ3) is 3.82. The van der Waals surface area contributed by atoms with Crippen molar-refractivity contribution in [1.29, 1.82) is 0 Å². The van der Waals surface area contributed by atoms with Gasteiger partial charge in [0.15, 0.2) is 23.0 Å². The van der Waals surface area contributed by atoms with Crippen molar-refractivity contribution in [2.45, 2.75) is 12.8 Å². The number of aliphatic hydroxyl groups excluding tert-OH is 1. The first-order chi connectivity index (χ1) is 13.9. The van der Waals surface area contributed by atoms with Crippen LogP contribution in [0.3, 0.4) is 0 Å². The minimum atomic E-state index is -0.517. The number of benzene rings is 2. The molecule has 29 heavy (non-hydrogen) atoms. The van der Waals surface area contributed by atoms with E-state index in [0.29, 0.717) is 16.9 Å². The van der Waals surface area contributed by atoms with Crippen LogP contribution < -0.4 is 14.2 Å². The number of aldehydes is 1. The molecular formula is C22H22O7. The molecule has 2 aromatic carbocycles. The van der Waals surface area contributed by atoms with Gasteiger partial charge < -0.3 is 24.4 Å². The summed E-state index contributed by atoms with van der Waals surface area (Å²) in [5.41, 5.74) is 2.60. The smallest absolute Gasteiger partial charge is 0.308 e. The van der Waals surface area contributed by atoms with Crippen molar-refractivity contribution < 1.29 is 34.0 Å². The first kappa shape index (κ1) is 20.4. The molecule has 0 amide bonds. The Morgan fingerprint density at radius 3 is 2.41 bits per heavy atom. The molecule has 0 saturated carbocycles. The molecule has 152 valence electrons. The molecule has 0 saturated heterocycles. The Morgan fingerprint density at radius 2 is 1.83 bits per heavy atom. The second kappa shape index (κ2) is 8.36. The minimum Gasteiger partial charge on any atom is -0.504 e. The highest BCUT2D eigenvalue weighted by Crippen LogP contribution is 2.46. The van der Waals surface area contributed by atoms with Gasteiger partial charge in [-0.05, 0) is 52.6 Å². The highest BCUT2D eigenvalue weighted by Gasteiger charge is 2.34. The summed E-state index contributed by atoms with van der Waals surface area (Å²) in [6, 6.07) is 8.27. The average Bonchev–Trinajstić information content (AvgIpc) is 2.71. The van der Waals surface area contributed by atoms with E-state index in [2.05, 4.69) is 0 Å². The third-order valence-corrected chi connectivity index (χ3v) is 5.01. The third-order valence-electron chi connectivity index (χ3n) is 5.01. The van der Waals surface area contributed by atoms with Gasteiger partial charge in [-0.15, -0.1) is 0 Å². The van der Waals surface area contributed by atoms with E-state index in [1.54, 1.807) is 36.4 Å². The number of carbonyl (C=O) groups excluding carboxylic acids is 2. The second-order valence-electron chi connectivity index (χ2n) is 6.69. The van der Waals surface area contributed by atoms with Crippen LogP contribution in [0.4, 0.5) is 0 Å². The predicted octanol–water partition coefficient (Wildman–Crippen LogP) is 2.67. The van der Waals surface area contributed by atoms with E-state index in [4.69, 9.17) is 14.2 Å². The van der Waals surface area contributed by atoms with Crippen molar-refractivity contribution in [3.63, 3.8) is 0 Å². The Bertz CT molecular complexity index is 977. The fourth-order valence-corrected chi connectivity index (χ4v) is 3.71. The number of phenols is 1. The van der Waals surface area contributed by atoms with E-state index in [-0.39, 0.29) is 23.9 Å². The molecule has 2 atom stereocenters. The highest BCUT2D eigenvalue weighted by molar-refractivity contribution is 5.86. The van der Waals surface area contributed by atoms with E-state index < -0.39 is 17.8 Å². The van der Waals surface area contributed by atoms with E-state index in [9.17, 15) is 19.8 Å². The van der Waals surface area contributed by atoms with Crippen LogP contribution in [-0.4, -0.2) is 43.3 Å². The minimum absolute atomic E-state index is 0.0422. The van der Waals surface area contributed by atoms with Crippen LogP contribution >= 0.6 is 0 Å². The maximum absolute atomic E-state index is 11.7. The fourth-order valence-electron chi connectivity index (χ4n) is 3.71. The number of esters is 1. The first-order valence-corrected chi connectivity index (χ1v) is 8.98. The molecule has 0 unspecified atom stereocenters. The quantitative estimate of drug-likeness (QED) is 0.438. The molecule has 0 fully saturated rings. The average molecular weight is 398 g/mol. The molecule has 2 aromatic rings. The van der Waals surface area contributed by atoms with Crippen LogP contribution in [0.15, 0.2) is 35.9 Å². The summed E-state index contributed by atoms with van der Waals surface area (Å²) in [6.07, 6.45) is 2.41. The van der Waals surface area contributed by atoms with E-state index >= 15 is 0 Å². The molecule has 1 aliphatic rings. The molecule has 2 N–H and O–H groups in total. The zero-order valence-corrected chi connectivity index (χ0v) is 16.3. The first-order valence-electron chi connectivity index (χ1n) is 8.98. The highest BCUT2D eigenvalue weighted by atomic mass is 16.6. The maximum atomic E-state index is 11.7. The predicted molar refractivity (Wildman–Crippen MR) is 105 cm³/mol. The summed E-state index contributed by atoms with van der Waals surface area (Å²) in [5, 5.41) is 20.3. The summed E-state index contributed by atoms with van der Waals surface area (Å²) in [5.74, 6) is -0.571. The number of phenolic OH excluding ortho intramolecular Hbond substituents is 1. The number of methoxy groups -OCH3 is 2. The fraction of sp³-hybridized carbons (Fsp3) is 0.273. The van der Waals surface area contributed by atoms with Gasteiger partial charge in [-0.1, -0.05) is 6.07 Å². The van der Waals surface area contributed by atoms with Crippen LogP contribution in [-0.2, 0) is 9.59 Å². The Morgan fingerprint density at radius 1 is 1.10 bits per heavy atom. The number of aliphatic hydroxyl groups is 1. The van der Waals surface area contributed by atoms with Gasteiger partial charge in [0.1, 0.15) is 6.29 Å². The molecular weight excluding hydrogens is 376 g/mol. The van der Waals surface area contributed by atoms with Crippen LogP contribution in [0.25, 0.3) is 6.08 Å². The molecule has 0 heterocycles. The lowest BCUT2D eigenvalue weighted by Crippen LogP contribution is -2.25. The monoisotopic (exact) mass is 398 g/mol. The Hall–Kier alpha value is -3.32. The van der Waals surface area contributed by atoms with E-state index in [1.807, 2.05) is 0 Å². The van der Waals surface area contributed by atoms with E-state index in [0.717, 1.165) is 17.4 Å². The number of rotatable bonds is 6. The van der Waals surface area contributed by atoms with Crippen LogP contribution in [0.2, 0.25) is 0 Å². The summed E-state index contributed by atoms with van der Waals surface area (Å²) in [4.78, 5) is 23.0. The molecule has 0 bridgehead atoms. The number of carbonyl (C=O) groups is 2. The number of hydrogen-bond acceptors (Lipinski definition) is 7. The van der Waals surface area contributed by atoms with Crippen molar-refractivity contribution in [1.82, 2.24) is 0 Å². The lowest BCUT2D eigenvalue weighted by Gasteiger charge is -2.32. The van der Waals surface area contributed by atoms with Crippen molar-refractivity contribution in [3.8, 4) is 23.0 Å². The van der Waals surface area contributed by atoms with Gasteiger partial charge >= 0.3 is 5.97 Å². The number of aromatic hydroxyl groups is 1. The molecule has 7 heteroatoms. The Balaban J connectivity index is 2.19. The Kier molecular flexibility index (Phi) is 5.89. The van der Waals surface area contributed by atoms with Crippen molar-refractivity contribution in [3.05, 3.63) is 52.6 Å². The number of ether oxygens (including phenoxy) is 3. The SMILES string of the molecule is COc1cc2c(cc1O)[C@H](c1ccc(OC(C)=O)c(OC)c1)[C@@H](CO)C(C=O)=C2. The summed E-state index contributed by atoms with van der Waals surface area (Å²) < 4.78 is 15.7. The zero-order chi connectivity index (χ0) is 21.1. The Labute approximate surface area is 168 Å². The van der Waals surface area contributed by atoms with Gasteiger partial charge in [-0.2, -0.15) is 0 Å². The normalized spacial score (nSPS) is 17.7. The molecule has 1 aliphatic carbocycles. The topological polar surface area (TPSA) is 102 Å². The number of fused-ring (bicyclic) bond motifs is 1. The summed E-state index contributed by atoms with van der Waals surface area (Å²) in [7, 11) is 2.90. The van der Waals surface area contributed by atoms with Gasteiger partial charge in [0.25, 0.3) is 0 Å². The molecule has 0 radical (unpaired) electrons. The lowest BCUT2D eigenvalue weighted by atomic mass is 9.72. The van der Waals surface area contributed by atoms with Crippen LogP contribution in [0.1, 0.15) is 29.5 Å². The van der Waals surface area contributed by atoms with Crippen molar-refractivity contribution in [2.75, 3.05) is 20.8 Å². The van der Waals surface area contributed by atoms with E-state index in [1.165, 1.54) is 21.1 Å². The van der Waals surface area contributed by atoms with Gasteiger partial charge in [0.05, 0.1) is 20.8 Å². The molecule has 0 aliphatic heterocycles. The van der Waals surface area contributed by atoms with Gasteiger partial charge in [0.2, 0.25) is 0 Å². The molecule has 0 aromatic heterocycles. The van der Waals surface area contributed by atoms with Crippen LogP contribution in [0.5, 0.6) is 23.0 Å². The van der Waals surface area contributed by atoms with Crippen molar-refractivity contribution >= 4 is 18.3 Å². The summed E-state index contributed by atoms with van der Waals surface area (Å²) >= 11 is 0.